The number of aliphatic hydroxyl groups is 1. The third kappa shape index (κ3) is 4.46. The highest BCUT2D eigenvalue weighted by molar-refractivity contribution is 7.22. The molecule has 6 rings (SSSR count). The topological polar surface area (TPSA) is 98.2 Å². The molecule has 39 heavy (non-hydrogen) atoms. The number of nitrogens with zero attached hydrogens (tertiary/aromatic N) is 2. The second-order valence-electron chi connectivity index (χ2n) is 9.06. The molecule has 0 bridgehead atoms. The van der Waals surface area contributed by atoms with E-state index in [1.807, 2.05) is 6.92 Å². The number of ether oxygens (including phenoxy) is 3. The summed E-state index contributed by atoms with van der Waals surface area (Å²) in [5, 5.41) is 11.7. The van der Waals surface area contributed by atoms with E-state index in [2.05, 4.69) is 4.98 Å². The van der Waals surface area contributed by atoms with Crippen LogP contribution in [0.5, 0.6) is 17.2 Å². The second-order valence-corrected chi connectivity index (χ2v) is 10.1. The highest BCUT2D eigenvalue weighted by atomic mass is 32.1. The van der Waals surface area contributed by atoms with Crippen LogP contribution < -0.4 is 19.1 Å². The molecular weight excluding hydrogens is 523 g/mol. The van der Waals surface area contributed by atoms with E-state index in [9.17, 15) is 19.1 Å². The lowest BCUT2D eigenvalue weighted by Crippen LogP contribution is -2.29. The van der Waals surface area contributed by atoms with Gasteiger partial charge in [-0.25, -0.2) is 9.37 Å². The summed E-state index contributed by atoms with van der Waals surface area (Å²) in [7, 11) is 0. The summed E-state index contributed by atoms with van der Waals surface area (Å²) in [6.07, 6.45) is 0.801. The number of rotatable bonds is 6. The molecule has 1 fully saturated rings. The van der Waals surface area contributed by atoms with Gasteiger partial charge in [-0.15, -0.1) is 0 Å². The zero-order chi connectivity index (χ0) is 27.1. The van der Waals surface area contributed by atoms with Crippen molar-refractivity contribution < 1.29 is 33.3 Å². The highest BCUT2D eigenvalue weighted by Crippen LogP contribution is 2.45. The lowest BCUT2D eigenvalue weighted by molar-refractivity contribution is -0.132. The van der Waals surface area contributed by atoms with E-state index in [0.29, 0.717) is 58.4 Å². The van der Waals surface area contributed by atoms with Crippen LogP contribution in [-0.4, -0.2) is 41.6 Å². The van der Waals surface area contributed by atoms with E-state index in [1.165, 1.54) is 23.1 Å². The Bertz CT molecular complexity index is 1650. The molecule has 198 valence electrons. The maximum absolute atomic E-state index is 13.9. The number of amides is 1. The molecule has 2 aliphatic heterocycles. The van der Waals surface area contributed by atoms with Gasteiger partial charge < -0.3 is 19.3 Å². The molecule has 0 aliphatic carbocycles. The Morgan fingerprint density at radius 1 is 1.10 bits per heavy atom. The summed E-state index contributed by atoms with van der Waals surface area (Å²) in [6.45, 7) is 3.24. The summed E-state index contributed by atoms with van der Waals surface area (Å²) >= 11 is 1.09. The molecule has 10 heteroatoms. The van der Waals surface area contributed by atoms with Crippen molar-refractivity contribution in [2.24, 2.45) is 0 Å². The maximum atomic E-state index is 13.9. The number of Topliss-reactive ketones (excluding diaryl/α,β-unsaturated/α-hetero) is 1. The van der Waals surface area contributed by atoms with Crippen LogP contribution in [-0.2, 0) is 9.59 Å². The van der Waals surface area contributed by atoms with E-state index < -0.39 is 23.5 Å². The van der Waals surface area contributed by atoms with Gasteiger partial charge in [-0.1, -0.05) is 30.4 Å². The number of aromatic nitrogens is 1. The van der Waals surface area contributed by atoms with E-state index >= 15 is 0 Å². The van der Waals surface area contributed by atoms with Crippen molar-refractivity contribution in [3.8, 4) is 17.2 Å². The van der Waals surface area contributed by atoms with Crippen LogP contribution in [0.2, 0.25) is 0 Å². The third-order valence-corrected chi connectivity index (χ3v) is 7.47. The number of carbonyl (C=O) groups is 2. The number of benzene rings is 3. The predicted octanol–water partition coefficient (Wildman–Crippen LogP) is 5.62. The monoisotopic (exact) mass is 546 g/mol. The largest absolute Gasteiger partial charge is 0.507 e. The van der Waals surface area contributed by atoms with Gasteiger partial charge in [0.1, 0.15) is 30.5 Å². The van der Waals surface area contributed by atoms with Gasteiger partial charge in [0.25, 0.3) is 5.78 Å². The van der Waals surface area contributed by atoms with E-state index in [0.717, 1.165) is 17.8 Å². The summed E-state index contributed by atoms with van der Waals surface area (Å²) in [5.41, 5.74) is 1.23. The SMILES string of the molecule is CCCOc1cccc(C2C(=C(O)c3ccc4c(c3)OCCO4)C(=O)C(=O)N2c2nc3ccc(F)cc3s2)c1. The highest BCUT2D eigenvalue weighted by Gasteiger charge is 2.48. The lowest BCUT2D eigenvalue weighted by Gasteiger charge is -2.23. The summed E-state index contributed by atoms with van der Waals surface area (Å²) in [4.78, 5) is 32.8. The number of aliphatic hydroxyl groups excluding tert-OH is 1. The number of hydrogen-bond acceptors (Lipinski definition) is 8. The van der Waals surface area contributed by atoms with Crippen LogP contribution in [0.4, 0.5) is 9.52 Å². The van der Waals surface area contributed by atoms with Crippen LogP contribution in [0, 0.1) is 5.82 Å². The molecule has 3 aromatic carbocycles. The van der Waals surface area contributed by atoms with E-state index in [1.54, 1.807) is 42.5 Å². The Labute approximate surface area is 226 Å². The van der Waals surface area contributed by atoms with Crippen molar-refractivity contribution in [2.75, 3.05) is 24.7 Å². The first-order valence-electron chi connectivity index (χ1n) is 12.4. The zero-order valence-corrected chi connectivity index (χ0v) is 21.7. The van der Waals surface area contributed by atoms with Crippen molar-refractivity contribution >= 4 is 44.1 Å². The molecule has 0 saturated carbocycles. The van der Waals surface area contributed by atoms with E-state index in [-0.39, 0.29) is 16.5 Å². The summed E-state index contributed by atoms with van der Waals surface area (Å²) in [6, 6.07) is 15.0. The Hall–Kier alpha value is -4.44. The van der Waals surface area contributed by atoms with Crippen molar-refractivity contribution in [3.05, 3.63) is 83.2 Å². The minimum Gasteiger partial charge on any atom is -0.507 e. The Morgan fingerprint density at radius 2 is 1.92 bits per heavy atom. The number of ketones is 1. The fourth-order valence-corrected chi connectivity index (χ4v) is 5.69. The molecule has 1 unspecified atom stereocenters. The average Bonchev–Trinajstić information content (AvgIpc) is 3.48. The molecule has 4 aromatic rings. The lowest BCUT2D eigenvalue weighted by atomic mass is 9.95. The first-order valence-corrected chi connectivity index (χ1v) is 13.3. The third-order valence-electron chi connectivity index (χ3n) is 6.45. The molecular formula is C29H23FN2O6S. The van der Waals surface area contributed by atoms with Crippen molar-refractivity contribution in [1.29, 1.82) is 0 Å². The van der Waals surface area contributed by atoms with E-state index in [4.69, 9.17) is 14.2 Å². The first-order chi connectivity index (χ1) is 18.9. The van der Waals surface area contributed by atoms with Crippen LogP contribution in [0.25, 0.3) is 16.0 Å². The molecule has 0 spiro atoms. The number of anilines is 1. The summed E-state index contributed by atoms with van der Waals surface area (Å²) < 4.78 is 31.4. The van der Waals surface area contributed by atoms with Crippen molar-refractivity contribution in [1.82, 2.24) is 4.98 Å². The van der Waals surface area contributed by atoms with Crippen LogP contribution in [0.15, 0.2) is 66.2 Å². The van der Waals surface area contributed by atoms with Gasteiger partial charge in [-0.2, -0.15) is 0 Å². The Kier molecular flexibility index (Phi) is 6.40. The maximum Gasteiger partial charge on any atom is 0.301 e. The molecule has 0 radical (unpaired) electrons. The molecule has 1 N–H and O–H groups in total. The van der Waals surface area contributed by atoms with Gasteiger partial charge in [0.15, 0.2) is 16.6 Å². The first kappa shape index (κ1) is 24.9. The number of hydrogen-bond donors (Lipinski definition) is 1. The Balaban J connectivity index is 1.52. The van der Waals surface area contributed by atoms with Gasteiger partial charge in [-0.3, -0.25) is 14.5 Å². The zero-order valence-electron chi connectivity index (χ0n) is 20.8. The fourth-order valence-electron chi connectivity index (χ4n) is 4.68. The normalized spacial score (nSPS) is 18.1. The van der Waals surface area contributed by atoms with Crippen LogP contribution >= 0.6 is 11.3 Å². The van der Waals surface area contributed by atoms with Gasteiger partial charge >= 0.3 is 5.91 Å². The molecule has 8 nitrogen and oxygen atoms in total. The van der Waals surface area contributed by atoms with Crippen LogP contribution in [0.3, 0.4) is 0 Å². The predicted molar refractivity (Wildman–Crippen MR) is 144 cm³/mol. The standard InChI is InChI=1S/C29H23FN2O6S/c1-2-10-36-19-5-3-4-16(13-19)25-24(26(33)17-6-9-21-22(14-17)38-12-11-37-21)27(34)28(35)32(25)29-31-20-8-7-18(30)15-23(20)39-29/h3-9,13-15,25,33H,2,10-12H2,1H3. The molecule has 1 amide bonds. The number of halogens is 1. The fraction of sp³-hybridized carbons (Fsp3) is 0.207. The van der Waals surface area contributed by atoms with Gasteiger partial charge in [0.2, 0.25) is 0 Å². The van der Waals surface area contributed by atoms with Gasteiger partial charge in [0.05, 0.1) is 28.4 Å². The second kappa shape index (κ2) is 10.0. The molecule has 2 aliphatic rings. The molecule has 1 saturated heterocycles. The minimum atomic E-state index is -1.01. The van der Waals surface area contributed by atoms with Crippen molar-refractivity contribution in [3.63, 3.8) is 0 Å². The number of fused-ring (bicyclic) bond motifs is 2. The minimum absolute atomic E-state index is 0.102. The quantitative estimate of drug-likeness (QED) is 0.190. The number of thiazole rings is 1. The van der Waals surface area contributed by atoms with Crippen molar-refractivity contribution in [2.45, 2.75) is 19.4 Å². The van der Waals surface area contributed by atoms with Gasteiger partial charge in [0, 0.05) is 5.56 Å². The van der Waals surface area contributed by atoms with Gasteiger partial charge in [-0.05, 0) is 60.5 Å². The number of carbonyl (C=O) groups excluding carboxylic acids is 2. The summed E-state index contributed by atoms with van der Waals surface area (Å²) in [5.74, 6) is -0.987. The molecule has 1 aromatic heterocycles. The molecule has 3 heterocycles. The Morgan fingerprint density at radius 3 is 2.74 bits per heavy atom. The molecule has 1 atom stereocenters. The van der Waals surface area contributed by atoms with Crippen LogP contribution in [0.1, 0.15) is 30.5 Å². The smallest absolute Gasteiger partial charge is 0.301 e. The average molecular weight is 547 g/mol.